The SMILES string of the molecule is Cc1ncc(-c2ccnc(NC(=O)N3c4nc(C(=O)NC(C)C(F)(F)F)ncc4N4CC[C@H]3C4)c2)o1. The van der Waals surface area contributed by atoms with Crippen LogP contribution in [0, 0.1) is 6.92 Å². The molecule has 0 saturated carbocycles. The molecule has 2 aliphatic heterocycles. The van der Waals surface area contributed by atoms with Crippen LogP contribution < -0.4 is 20.4 Å². The zero-order valence-electron chi connectivity index (χ0n) is 19.2. The number of hydrogen-bond donors (Lipinski definition) is 2. The van der Waals surface area contributed by atoms with Gasteiger partial charge in [0.2, 0.25) is 5.82 Å². The van der Waals surface area contributed by atoms with Crippen molar-refractivity contribution in [2.45, 2.75) is 38.5 Å². The number of aryl methyl sites for hydroxylation is 1. The molecule has 0 spiro atoms. The second-order valence-electron chi connectivity index (χ2n) is 8.50. The van der Waals surface area contributed by atoms with Gasteiger partial charge in [0.25, 0.3) is 5.91 Å². The molecule has 11 nitrogen and oxygen atoms in total. The summed E-state index contributed by atoms with van der Waals surface area (Å²) in [6, 6.07) is 0.449. The van der Waals surface area contributed by atoms with Gasteiger partial charge in [-0.25, -0.2) is 24.7 Å². The molecule has 1 unspecified atom stereocenters. The Morgan fingerprint density at radius 2 is 2.03 bits per heavy atom. The van der Waals surface area contributed by atoms with E-state index in [1.165, 1.54) is 17.3 Å². The fourth-order valence-corrected chi connectivity index (χ4v) is 4.14. The van der Waals surface area contributed by atoms with Crippen molar-refractivity contribution in [3.05, 3.63) is 42.4 Å². The van der Waals surface area contributed by atoms with Crippen LogP contribution in [0.4, 0.5) is 35.3 Å². The maximum atomic E-state index is 13.4. The van der Waals surface area contributed by atoms with E-state index in [0.29, 0.717) is 42.4 Å². The zero-order valence-corrected chi connectivity index (χ0v) is 19.2. The summed E-state index contributed by atoms with van der Waals surface area (Å²) in [4.78, 5) is 45.5. The van der Waals surface area contributed by atoms with Crippen LogP contribution in [-0.2, 0) is 0 Å². The van der Waals surface area contributed by atoms with E-state index in [1.54, 1.807) is 25.3 Å². The third-order valence-corrected chi connectivity index (χ3v) is 6.01. The highest BCUT2D eigenvalue weighted by Gasteiger charge is 2.42. The number of halogens is 3. The number of amides is 3. The smallest absolute Gasteiger partial charge is 0.408 e. The highest BCUT2D eigenvalue weighted by Crippen LogP contribution is 2.38. The number of nitrogens with zero attached hydrogens (tertiary/aromatic N) is 6. The van der Waals surface area contributed by atoms with E-state index < -0.39 is 30.0 Å². The fraction of sp³-hybridized carbons (Fsp3) is 0.364. The average Bonchev–Trinajstić information content (AvgIpc) is 3.45. The predicted octanol–water partition coefficient (Wildman–Crippen LogP) is 3.15. The van der Waals surface area contributed by atoms with Crippen LogP contribution in [-0.4, -0.2) is 63.2 Å². The van der Waals surface area contributed by atoms with Crippen molar-refractivity contribution in [3.8, 4) is 11.3 Å². The summed E-state index contributed by atoms with van der Waals surface area (Å²) in [7, 11) is 0. The Hall–Kier alpha value is -4.23. The summed E-state index contributed by atoms with van der Waals surface area (Å²) in [6.45, 7) is 3.71. The van der Waals surface area contributed by atoms with Gasteiger partial charge in [0.1, 0.15) is 11.9 Å². The molecule has 1 fully saturated rings. The molecule has 3 amide bonds. The van der Waals surface area contributed by atoms with Crippen LogP contribution in [0.2, 0.25) is 0 Å². The maximum Gasteiger partial charge on any atom is 0.408 e. The third kappa shape index (κ3) is 4.41. The quantitative estimate of drug-likeness (QED) is 0.557. The molecular formula is C22H21F3N8O3. The Kier molecular flexibility index (Phi) is 5.73. The summed E-state index contributed by atoms with van der Waals surface area (Å²) in [5.74, 6) is -0.162. The van der Waals surface area contributed by atoms with Crippen LogP contribution in [0.15, 0.2) is 35.1 Å². The molecule has 2 aliphatic rings. The molecule has 0 aromatic carbocycles. The van der Waals surface area contributed by atoms with E-state index in [-0.39, 0.29) is 17.7 Å². The Morgan fingerprint density at radius 3 is 2.75 bits per heavy atom. The molecule has 14 heteroatoms. The normalized spacial score (nSPS) is 17.5. The lowest BCUT2D eigenvalue weighted by molar-refractivity contribution is -0.149. The van der Waals surface area contributed by atoms with Gasteiger partial charge in [0.15, 0.2) is 17.5 Å². The molecule has 2 bridgehead atoms. The van der Waals surface area contributed by atoms with Crippen molar-refractivity contribution in [1.29, 1.82) is 0 Å². The molecule has 0 radical (unpaired) electrons. The molecule has 5 rings (SSSR count). The highest BCUT2D eigenvalue weighted by molar-refractivity contribution is 6.04. The summed E-state index contributed by atoms with van der Waals surface area (Å²) >= 11 is 0. The number of carbonyl (C=O) groups excluding carboxylic acids is 2. The number of anilines is 3. The number of rotatable bonds is 4. The van der Waals surface area contributed by atoms with E-state index in [2.05, 4.69) is 25.3 Å². The van der Waals surface area contributed by atoms with Crippen molar-refractivity contribution < 1.29 is 27.2 Å². The van der Waals surface area contributed by atoms with Gasteiger partial charge in [-0.2, -0.15) is 13.2 Å². The van der Waals surface area contributed by atoms with E-state index in [4.69, 9.17) is 4.42 Å². The summed E-state index contributed by atoms with van der Waals surface area (Å²) in [5, 5.41) is 4.58. The molecule has 3 aromatic rings. The monoisotopic (exact) mass is 502 g/mol. The van der Waals surface area contributed by atoms with Crippen molar-refractivity contribution >= 4 is 29.3 Å². The van der Waals surface area contributed by atoms with Crippen LogP contribution in [0.3, 0.4) is 0 Å². The topological polar surface area (TPSA) is 129 Å². The number of oxazole rings is 1. The Labute approximate surface area is 202 Å². The van der Waals surface area contributed by atoms with Crippen molar-refractivity contribution in [1.82, 2.24) is 25.3 Å². The minimum absolute atomic E-state index is 0.142. The van der Waals surface area contributed by atoms with Gasteiger partial charge >= 0.3 is 12.2 Å². The van der Waals surface area contributed by atoms with Gasteiger partial charge < -0.3 is 14.6 Å². The maximum absolute atomic E-state index is 13.4. The van der Waals surface area contributed by atoms with Crippen LogP contribution in [0.1, 0.15) is 29.9 Å². The van der Waals surface area contributed by atoms with E-state index in [0.717, 1.165) is 6.92 Å². The zero-order chi connectivity index (χ0) is 25.6. The van der Waals surface area contributed by atoms with Crippen molar-refractivity contribution in [3.63, 3.8) is 0 Å². The van der Waals surface area contributed by atoms with Crippen LogP contribution in [0.25, 0.3) is 11.3 Å². The van der Waals surface area contributed by atoms with Crippen molar-refractivity contribution in [2.75, 3.05) is 28.2 Å². The number of nitrogens with one attached hydrogen (secondary N) is 2. The van der Waals surface area contributed by atoms with Crippen molar-refractivity contribution in [2.24, 2.45) is 0 Å². The Balaban J connectivity index is 1.41. The van der Waals surface area contributed by atoms with Gasteiger partial charge in [-0.05, 0) is 25.5 Å². The first-order valence-electron chi connectivity index (χ1n) is 11.1. The summed E-state index contributed by atoms with van der Waals surface area (Å²) in [5.41, 5.74) is 1.17. The number of carbonyl (C=O) groups is 2. The van der Waals surface area contributed by atoms with E-state index in [1.807, 2.05) is 10.2 Å². The highest BCUT2D eigenvalue weighted by atomic mass is 19.4. The minimum Gasteiger partial charge on any atom is -0.441 e. The van der Waals surface area contributed by atoms with Gasteiger partial charge in [-0.3, -0.25) is 15.0 Å². The largest absolute Gasteiger partial charge is 0.441 e. The second-order valence-corrected chi connectivity index (χ2v) is 8.50. The second kappa shape index (κ2) is 8.77. The van der Waals surface area contributed by atoms with Crippen LogP contribution in [0.5, 0.6) is 0 Å². The molecule has 2 N–H and O–H groups in total. The molecular weight excluding hydrogens is 481 g/mol. The fourth-order valence-electron chi connectivity index (χ4n) is 4.14. The lowest BCUT2D eigenvalue weighted by atomic mass is 10.2. The van der Waals surface area contributed by atoms with Gasteiger partial charge in [0.05, 0.1) is 24.1 Å². The summed E-state index contributed by atoms with van der Waals surface area (Å²) in [6.07, 6.45) is 0.445. The standard InChI is InChI=1S/C22H21F3N8O3/c1-11(22(23,24)25)29-20(34)18-28-8-15-19(31-18)33(14-4-6-32(15)10-14)21(35)30-17-7-13(3-5-26-17)16-9-27-12(2)36-16/h3,5,7-9,11,14H,4,6,10H2,1-2H3,(H,29,34)(H,26,30,35)/t11?,14-/m0/s1. The number of aromatic nitrogens is 4. The lowest BCUT2D eigenvalue weighted by Gasteiger charge is -2.35. The number of hydrogen-bond acceptors (Lipinski definition) is 8. The first kappa shape index (κ1) is 23.5. The first-order chi connectivity index (χ1) is 17.1. The van der Waals surface area contributed by atoms with E-state index in [9.17, 15) is 22.8 Å². The van der Waals surface area contributed by atoms with Gasteiger partial charge in [-0.1, -0.05) is 0 Å². The van der Waals surface area contributed by atoms with Gasteiger partial charge in [-0.15, -0.1) is 0 Å². The number of pyridine rings is 1. The average molecular weight is 502 g/mol. The lowest BCUT2D eigenvalue weighted by Crippen LogP contribution is -2.49. The third-order valence-electron chi connectivity index (χ3n) is 6.01. The number of alkyl halides is 3. The molecule has 2 atom stereocenters. The molecule has 0 aliphatic carbocycles. The minimum atomic E-state index is -4.62. The summed E-state index contributed by atoms with van der Waals surface area (Å²) < 4.78 is 44.2. The van der Waals surface area contributed by atoms with Crippen LogP contribution >= 0.6 is 0 Å². The molecule has 36 heavy (non-hydrogen) atoms. The predicted molar refractivity (Wildman–Crippen MR) is 122 cm³/mol. The first-order valence-corrected chi connectivity index (χ1v) is 11.1. The molecule has 188 valence electrons. The molecule has 3 aromatic heterocycles. The Bertz CT molecular complexity index is 1330. The Morgan fingerprint density at radius 1 is 1.22 bits per heavy atom. The molecule has 5 heterocycles. The van der Waals surface area contributed by atoms with Gasteiger partial charge in [0, 0.05) is 31.8 Å². The number of urea groups is 1. The van der Waals surface area contributed by atoms with E-state index >= 15 is 0 Å². The molecule has 1 saturated heterocycles. The number of fused-ring (bicyclic) bond motifs is 4.